The lowest BCUT2D eigenvalue weighted by Crippen LogP contribution is -2.11. The Balaban J connectivity index is 1.16. The Hall–Kier alpha value is -6.10. The van der Waals surface area contributed by atoms with Crippen molar-refractivity contribution in [3.05, 3.63) is 180 Å². The van der Waals surface area contributed by atoms with Gasteiger partial charge in [0.15, 0.2) is 0 Å². The van der Waals surface area contributed by atoms with Gasteiger partial charge in [-0.05, 0) is 101 Å². The number of rotatable bonds is 4. The first kappa shape index (κ1) is 27.8. The minimum Gasteiger partial charge on any atom is -0.455 e. The monoisotopic (exact) mass is 658 g/mol. The lowest BCUT2D eigenvalue weighted by Gasteiger charge is -2.26. The van der Waals surface area contributed by atoms with Gasteiger partial charge in [0, 0.05) is 60.3 Å². The van der Waals surface area contributed by atoms with Crippen LogP contribution >= 0.6 is 10.5 Å². The van der Waals surface area contributed by atoms with Gasteiger partial charge in [0.05, 0.1) is 11.0 Å². The zero-order chi connectivity index (χ0) is 32.8. The molecule has 4 heteroatoms. The van der Waals surface area contributed by atoms with Crippen LogP contribution in [0.15, 0.2) is 174 Å². The summed E-state index contributed by atoms with van der Waals surface area (Å²) in [5.74, 6) is 1.08. The number of anilines is 3. The van der Waals surface area contributed by atoms with Crippen molar-refractivity contribution in [1.29, 1.82) is 0 Å². The molecule has 2 aliphatic rings. The van der Waals surface area contributed by atoms with Crippen molar-refractivity contribution in [1.82, 2.24) is 4.57 Å². The smallest absolute Gasteiger partial charge is 0.143 e. The van der Waals surface area contributed by atoms with E-state index in [0.717, 1.165) is 55.8 Å². The van der Waals surface area contributed by atoms with Crippen LogP contribution in [0.25, 0.3) is 60.2 Å². The van der Waals surface area contributed by atoms with E-state index in [4.69, 9.17) is 4.42 Å². The second-order valence-electron chi connectivity index (χ2n) is 13.1. The Labute approximate surface area is 291 Å². The van der Waals surface area contributed by atoms with E-state index < -0.39 is 0 Å². The Morgan fingerprint density at radius 2 is 1.30 bits per heavy atom. The molecule has 1 unspecified atom stereocenters. The second-order valence-corrected chi connectivity index (χ2v) is 15.0. The zero-order valence-electron chi connectivity index (χ0n) is 27.1. The average Bonchev–Trinajstić information content (AvgIpc) is 3.85. The van der Waals surface area contributed by atoms with Gasteiger partial charge in [-0.25, -0.2) is 0 Å². The highest BCUT2D eigenvalue weighted by atomic mass is 32.2. The third-order valence-electron chi connectivity index (χ3n) is 10.3. The summed E-state index contributed by atoms with van der Waals surface area (Å²) in [6.07, 6.45) is 6.68. The van der Waals surface area contributed by atoms with Crippen LogP contribution in [-0.2, 0) is 5.75 Å². The van der Waals surface area contributed by atoms with Crippen LogP contribution in [0.4, 0.5) is 17.1 Å². The van der Waals surface area contributed by atoms with Gasteiger partial charge in [0.2, 0.25) is 0 Å². The average molecular weight is 659 g/mol. The minimum atomic E-state index is 0.133. The fraction of sp³-hybridized carbons (Fsp3) is 0.0217. The van der Waals surface area contributed by atoms with Crippen molar-refractivity contribution in [2.45, 2.75) is 5.75 Å². The first-order valence-corrected chi connectivity index (χ1v) is 18.5. The number of hydrogen-bond acceptors (Lipinski definition) is 2. The van der Waals surface area contributed by atoms with Gasteiger partial charge in [-0.15, -0.1) is 10.5 Å². The standard InChI is InChI=1S/C46H30N2OS/c1-2-11-32(12-3-1)48-42-15-7-6-14-37(42)40-27-34(20-23-43(40)48)47(33-19-17-31-29-50-25-9-8-16-45(50)39(31)26-33)35-21-24-44-41(28-35)38-22-18-30-10-4-5-13-36(30)46(38)49-44/h1-28H,29H2. The molecule has 1 atom stereocenters. The first-order chi connectivity index (χ1) is 24.8. The van der Waals surface area contributed by atoms with Gasteiger partial charge in [-0.2, -0.15) is 0 Å². The molecular weight excluding hydrogens is 629 g/mol. The van der Waals surface area contributed by atoms with Crippen LogP contribution in [0.3, 0.4) is 0 Å². The maximum atomic E-state index is 6.54. The third-order valence-corrected chi connectivity index (χ3v) is 12.4. The predicted molar refractivity (Wildman–Crippen MR) is 214 cm³/mol. The molecule has 0 bridgehead atoms. The molecule has 11 rings (SSSR count). The maximum absolute atomic E-state index is 6.54. The number of furan rings is 1. The summed E-state index contributed by atoms with van der Waals surface area (Å²) >= 11 is 0. The van der Waals surface area contributed by atoms with E-state index in [0.29, 0.717) is 0 Å². The lowest BCUT2D eigenvalue weighted by molar-refractivity contribution is 0.672. The largest absolute Gasteiger partial charge is 0.455 e. The molecule has 7 aromatic carbocycles. The van der Waals surface area contributed by atoms with Crippen molar-refractivity contribution in [2.75, 3.05) is 4.90 Å². The SMILES string of the molecule is C1=CC2=S(C=C1)Cc1ccc(N(c3ccc4oc5c6ccccc6ccc5c4c3)c3ccc4c(c3)c3ccccc3n4-c3ccccc3)cc12. The molecular formula is C46H30N2OS. The third kappa shape index (κ3) is 4.09. The van der Waals surface area contributed by atoms with Gasteiger partial charge in [0.1, 0.15) is 11.2 Å². The number of benzene rings is 7. The highest BCUT2D eigenvalue weighted by Crippen LogP contribution is 2.45. The number of aromatic nitrogens is 1. The lowest BCUT2D eigenvalue weighted by atomic mass is 10.0. The van der Waals surface area contributed by atoms with Crippen LogP contribution in [0.5, 0.6) is 0 Å². The number of fused-ring (bicyclic) bond motifs is 10. The van der Waals surface area contributed by atoms with E-state index in [-0.39, 0.29) is 10.5 Å². The minimum absolute atomic E-state index is 0.133. The summed E-state index contributed by atoms with van der Waals surface area (Å²) in [4.78, 5) is 3.86. The molecule has 0 N–H and O–H groups in total. The molecule has 3 nitrogen and oxygen atoms in total. The van der Waals surface area contributed by atoms with Crippen molar-refractivity contribution in [2.24, 2.45) is 0 Å². The molecule has 0 fully saturated rings. The normalized spacial score (nSPS) is 15.1. The number of para-hydroxylation sites is 2. The summed E-state index contributed by atoms with van der Waals surface area (Å²) in [6, 6.07) is 52.9. The fourth-order valence-electron chi connectivity index (χ4n) is 8.06. The molecule has 0 amide bonds. The number of hydrogen-bond donors (Lipinski definition) is 0. The van der Waals surface area contributed by atoms with Crippen molar-refractivity contribution >= 4 is 86.9 Å². The van der Waals surface area contributed by atoms with Crippen molar-refractivity contribution < 1.29 is 4.42 Å². The molecule has 50 heavy (non-hydrogen) atoms. The molecule has 236 valence electrons. The van der Waals surface area contributed by atoms with E-state index >= 15 is 0 Å². The molecule has 2 aromatic heterocycles. The van der Waals surface area contributed by atoms with Crippen LogP contribution in [0.2, 0.25) is 0 Å². The number of allylic oxidation sites excluding steroid dienone is 3. The topological polar surface area (TPSA) is 21.3 Å². The summed E-state index contributed by atoms with van der Waals surface area (Å²) in [5.41, 5.74) is 11.5. The van der Waals surface area contributed by atoms with Crippen LogP contribution in [-0.4, -0.2) is 9.43 Å². The Morgan fingerprint density at radius 1 is 0.560 bits per heavy atom. The zero-order valence-corrected chi connectivity index (χ0v) is 27.9. The molecule has 0 spiro atoms. The van der Waals surface area contributed by atoms with Crippen molar-refractivity contribution in [3.8, 4) is 5.69 Å². The quantitative estimate of drug-likeness (QED) is 0.176. The Morgan fingerprint density at radius 3 is 2.22 bits per heavy atom. The second kappa shape index (κ2) is 10.7. The Bertz CT molecular complexity index is 2960. The van der Waals surface area contributed by atoms with E-state index in [1.807, 2.05) is 0 Å². The van der Waals surface area contributed by atoms with Gasteiger partial charge in [-0.3, -0.25) is 0 Å². The molecule has 4 heterocycles. The molecule has 0 saturated carbocycles. The summed E-state index contributed by atoms with van der Waals surface area (Å²) < 4.78 is 8.92. The van der Waals surface area contributed by atoms with E-state index in [9.17, 15) is 0 Å². The van der Waals surface area contributed by atoms with Gasteiger partial charge >= 0.3 is 0 Å². The highest BCUT2D eigenvalue weighted by Gasteiger charge is 2.23. The van der Waals surface area contributed by atoms with E-state index in [1.54, 1.807) is 0 Å². The van der Waals surface area contributed by atoms with Gasteiger partial charge < -0.3 is 13.9 Å². The van der Waals surface area contributed by atoms with Crippen molar-refractivity contribution in [3.63, 3.8) is 0 Å². The Kier molecular flexibility index (Phi) is 5.95. The molecule has 0 radical (unpaired) electrons. The fourth-order valence-corrected chi connectivity index (χ4v) is 10.1. The van der Waals surface area contributed by atoms with Crippen LogP contribution < -0.4 is 4.90 Å². The van der Waals surface area contributed by atoms with Gasteiger partial charge in [0.25, 0.3) is 0 Å². The van der Waals surface area contributed by atoms with E-state index in [1.165, 1.54) is 43.2 Å². The number of nitrogens with zero attached hydrogens (tertiary/aromatic N) is 2. The molecule has 0 saturated heterocycles. The molecule has 0 aliphatic carbocycles. The molecule has 2 aliphatic heterocycles. The maximum Gasteiger partial charge on any atom is 0.143 e. The predicted octanol–water partition coefficient (Wildman–Crippen LogP) is 12.7. The van der Waals surface area contributed by atoms with Crippen LogP contribution in [0.1, 0.15) is 11.1 Å². The summed E-state index contributed by atoms with van der Waals surface area (Å²) in [6.45, 7) is 0. The van der Waals surface area contributed by atoms with Crippen LogP contribution in [0, 0.1) is 0 Å². The molecule has 9 aromatic rings. The first-order valence-electron chi connectivity index (χ1n) is 17.1. The van der Waals surface area contributed by atoms with Gasteiger partial charge in [-0.1, -0.05) is 84.9 Å². The summed E-state index contributed by atoms with van der Waals surface area (Å²) in [7, 11) is 0.133. The highest BCUT2D eigenvalue weighted by molar-refractivity contribution is 8.18. The summed E-state index contributed by atoms with van der Waals surface area (Å²) in [5, 5.41) is 9.41. The van der Waals surface area contributed by atoms with E-state index in [2.05, 4.69) is 179 Å².